The third-order valence-corrected chi connectivity index (χ3v) is 5.49. The van der Waals surface area contributed by atoms with Crippen LogP contribution in [-0.2, 0) is 6.54 Å². The molecule has 0 aliphatic carbocycles. The van der Waals surface area contributed by atoms with Crippen molar-refractivity contribution >= 4 is 22.7 Å². The number of aromatic nitrogens is 1. The molecule has 4 N–H and O–H groups in total. The average Bonchev–Trinajstić information content (AvgIpc) is 3.41. The zero-order valence-corrected chi connectivity index (χ0v) is 16.9. The van der Waals surface area contributed by atoms with Crippen LogP contribution in [-0.4, -0.2) is 28.4 Å². The zero-order chi connectivity index (χ0) is 22.2. The molecular weight excluding hydrogens is 410 g/mol. The van der Waals surface area contributed by atoms with Crippen LogP contribution in [0.2, 0.25) is 0 Å². The summed E-state index contributed by atoms with van der Waals surface area (Å²) < 4.78 is 12.9. The highest BCUT2D eigenvalue weighted by molar-refractivity contribution is 6.12. The lowest BCUT2D eigenvalue weighted by atomic mass is 10.0. The summed E-state index contributed by atoms with van der Waals surface area (Å²) in [5, 5.41) is 9.70. The molecule has 1 aliphatic rings. The van der Waals surface area contributed by atoms with Gasteiger partial charge in [-0.1, -0.05) is 30.3 Å². The lowest BCUT2D eigenvalue weighted by Gasteiger charge is -2.13. The van der Waals surface area contributed by atoms with E-state index in [-0.39, 0.29) is 6.79 Å². The van der Waals surface area contributed by atoms with Gasteiger partial charge >= 0.3 is 0 Å². The number of ether oxygens (including phenoxy) is 2. The summed E-state index contributed by atoms with van der Waals surface area (Å²) in [4.78, 5) is 24.4. The first-order chi connectivity index (χ1) is 15.6. The number of rotatable bonds is 5. The fourth-order valence-corrected chi connectivity index (χ4v) is 4.12. The van der Waals surface area contributed by atoms with Gasteiger partial charge in [0.25, 0.3) is 11.8 Å². The van der Waals surface area contributed by atoms with E-state index >= 15 is 0 Å². The van der Waals surface area contributed by atoms with Crippen LogP contribution in [0, 0.1) is 0 Å². The van der Waals surface area contributed by atoms with Crippen LogP contribution in [0.5, 0.6) is 11.5 Å². The van der Waals surface area contributed by atoms with E-state index in [1.807, 2.05) is 47.0 Å². The van der Waals surface area contributed by atoms with E-state index in [0.717, 1.165) is 22.0 Å². The number of para-hydroxylation sites is 1. The molecule has 32 heavy (non-hydrogen) atoms. The third kappa shape index (κ3) is 3.23. The van der Waals surface area contributed by atoms with Crippen molar-refractivity contribution in [2.45, 2.75) is 6.54 Å². The number of carbonyl (C=O) groups is 2. The number of carbonyl (C=O) groups excluding carboxylic acids is 2. The molecule has 5 rings (SSSR count). The summed E-state index contributed by atoms with van der Waals surface area (Å²) in [6.07, 6.45) is 0. The summed E-state index contributed by atoms with van der Waals surface area (Å²) in [5.74, 6) is 0.0927. The van der Waals surface area contributed by atoms with E-state index in [2.05, 4.69) is 0 Å². The molecule has 0 spiro atoms. The second-order valence-corrected chi connectivity index (χ2v) is 7.40. The first kappa shape index (κ1) is 19.7. The molecular formula is C24H19N3O5. The summed E-state index contributed by atoms with van der Waals surface area (Å²) in [6.45, 7) is 0.508. The predicted octanol–water partition coefficient (Wildman–Crippen LogP) is 3.30. The maximum Gasteiger partial charge on any atom is 0.274 e. The van der Waals surface area contributed by atoms with Crippen molar-refractivity contribution in [3.8, 4) is 22.8 Å². The van der Waals surface area contributed by atoms with Crippen LogP contribution in [0.25, 0.3) is 22.2 Å². The SMILES string of the molecule is NC(=O)c1c(-c2ccc3c(c2)OCO3)n(Cc2cccc(C(=O)NO)c2)c2ccccc12. The second kappa shape index (κ2) is 7.75. The van der Waals surface area contributed by atoms with Crippen molar-refractivity contribution in [3.05, 3.63) is 83.4 Å². The highest BCUT2D eigenvalue weighted by Gasteiger charge is 2.24. The summed E-state index contributed by atoms with van der Waals surface area (Å²) in [5.41, 5.74) is 11.2. The highest BCUT2D eigenvalue weighted by atomic mass is 16.7. The number of hydrogen-bond donors (Lipinski definition) is 3. The standard InChI is InChI=1S/C24H19N3O5/c25-23(28)21-17-6-1-2-7-18(17)27(12-14-4-3-5-16(10-14)24(29)26-30)22(21)15-8-9-19-20(11-15)32-13-31-19/h1-11,30H,12-13H2,(H2,25,28)(H,26,29). The number of amides is 2. The number of nitrogens with one attached hydrogen (secondary N) is 1. The Morgan fingerprint density at radius 2 is 1.81 bits per heavy atom. The van der Waals surface area contributed by atoms with Crippen LogP contribution in [0.3, 0.4) is 0 Å². The fraction of sp³-hybridized carbons (Fsp3) is 0.0833. The van der Waals surface area contributed by atoms with E-state index in [1.165, 1.54) is 0 Å². The minimum absolute atomic E-state index is 0.143. The molecule has 0 radical (unpaired) electrons. The molecule has 1 aliphatic heterocycles. The number of hydroxylamine groups is 1. The molecule has 3 aromatic carbocycles. The monoisotopic (exact) mass is 429 g/mol. The van der Waals surface area contributed by atoms with Gasteiger partial charge in [0, 0.05) is 28.6 Å². The molecule has 0 bridgehead atoms. The topological polar surface area (TPSA) is 116 Å². The number of fused-ring (bicyclic) bond motifs is 2. The number of primary amides is 1. The van der Waals surface area contributed by atoms with Gasteiger partial charge in [0.15, 0.2) is 11.5 Å². The first-order valence-corrected chi connectivity index (χ1v) is 9.91. The van der Waals surface area contributed by atoms with E-state index < -0.39 is 11.8 Å². The van der Waals surface area contributed by atoms with Gasteiger partial charge in [0.2, 0.25) is 6.79 Å². The molecule has 4 aromatic rings. The Labute approximate surface area is 182 Å². The molecule has 8 nitrogen and oxygen atoms in total. The highest BCUT2D eigenvalue weighted by Crippen LogP contribution is 2.40. The minimum atomic E-state index is -0.599. The molecule has 0 saturated carbocycles. The van der Waals surface area contributed by atoms with Crippen molar-refractivity contribution in [1.29, 1.82) is 0 Å². The van der Waals surface area contributed by atoms with E-state index in [4.69, 9.17) is 20.4 Å². The van der Waals surface area contributed by atoms with Gasteiger partial charge in [0.1, 0.15) is 0 Å². The molecule has 0 fully saturated rings. The minimum Gasteiger partial charge on any atom is -0.454 e. The largest absolute Gasteiger partial charge is 0.454 e. The predicted molar refractivity (Wildman–Crippen MR) is 117 cm³/mol. The molecule has 8 heteroatoms. The Balaban J connectivity index is 1.73. The van der Waals surface area contributed by atoms with Crippen molar-refractivity contribution in [1.82, 2.24) is 10.0 Å². The van der Waals surface area contributed by atoms with Gasteiger partial charge in [-0.05, 0) is 42.0 Å². The van der Waals surface area contributed by atoms with E-state index in [9.17, 15) is 9.59 Å². The first-order valence-electron chi connectivity index (χ1n) is 9.91. The zero-order valence-electron chi connectivity index (χ0n) is 16.9. The number of nitrogens with two attached hydrogens (primary N) is 1. The second-order valence-electron chi connectivity index (χ2n) is 7.40. The molecule has 0 saturated heterocycles. The fourth-order valence-electron chi connectivity index (χ4n) is 4.12. The lowest BCUT2D eigenvalue weighted by Crippen LogP contribution is -2.18. The van der Waals surface area contributed by atoms with Gasteiger partial charge in [-0.15, -0.1) is 0 Å². The molecule has 1 aromatic heterocycles. The van der Waals surface area contributed by atoms with Gasteiger partial charge in [-0.25, -0.2) is 5.48 Å². The molecule has 160 valence electrons. The molecule has 2 amide bonds. The van der Waals surface area contributed by atoms with Crippen LogP contribution in [0.15, 0.2) is 66.7 Å². The smallest absolute Gasteiger partial charge is 0.274 e. The molecule has 2 heterocycles. The maximum atomic E-state index is 12.6. The Bertz CT molecular complexity index is 1380. The third-order valence-electron chi connectivity index (χ3n) is 5.49. The average molecular weight is 429 g/mol. The Morgan fingerprint density at radius 1 is 1.00 bits per heavy atom. The Hall–Kier alpha value is -4.30. The lowest BCUT2D eigenvalue weighted by molar-refractivity contribution is 0.0706. The molecule has 0 unspecified atom stereocenters. The maximum absolute atomic E-state index is 12.6. The Kier molecular flexibility index (Phi) is 4.76. The van der Waals surface area contributed by atoms with Crippen LogP contribution in [0.1, 0.15) is 26.3 Å². The van der Waals surface area contributed by atoms with Gasteiger partial charge in [0.05, 0.1) is 11.3 Å². The summed E-state index contributed by atoms with van der Waals surface area (Å²) >= 11 is 0. The van der Waals surface area contributed by atoms with Gasteiger partial charge < -0.3 is 19.8 Å². The number of benzene rings is 3. The van der Waals surface area contributed by atoms with Crippen molar-refractivity contribution < 1.29 is 24.3 Å². The number of nitrogens with zero attached hydrogens (tertiary/aromatic N) is 1. The molecule has 0 atom stereocenters. The van der Waals surface area contributed by atoms with Crippen LogP contribution < -0.4 is 20.7 Å². The normalized spacial score (nSPS) is 12.2. The van der Waals surface area contributed by atoms with Crippen molar-refractivity contribution in [3.63, 3.8) is 0 Å². The summed E-state index contributed by atoms with van der Waals surface area (Å²) in [6, 6.07) is 19.9. The van der Waals surface area contributed by atoms with Crippen LogP contribution in [0.4, 0.5) is 0 Å². The van der Waals surface area contributed by atoms with Crippen molar-refractivity contribution in [2.75, 3.05) is 6.79 Å². The quantitative estimate of drug-likeness (QED) is 0.333. The Morgan fingerprint density at radius 3 is 2.62 bits per heavy atom. The van der Waals surface area contributed by atoms with E-state index in [0.29, 0.717) is 34.9 Å². The van der Waals surface area contributed by atoms with Gasteiger partial charge in [-0.3, -0.25) is 14.8 Å². The number of hydrogen-bond acceptors (Lipinski definition) is 5. The van der Waals surface area contributed by atoms with Crippen molar-refractivity contribution in [2.24, 2.45) is 5.73 Å². The summed E-state index contributed by atoms with van der Waals surface area (Å²) in [7, 11) is 0. The van der Waals surface area contributed by atoms with E-state index in [1.54, 1.807) is 29.7 Å². The van der Waals surface area contributed by atoms with Crippen LogP contribution >= 0.6 is 0 Å². The van der Waals surface area contributed by atoms with Gasteiger partial charge in [-0.2, -0.15) is 0 Å².